The number of benzene rings is 1. The van der Waals surface area contributed by atoms with Crippen molar-refractivity contribution >= 4 is 26.0 Å². The third kappa shape index (κ3) is 3.32. The van der Waals surface area contributed by atoms with Gasteiger partial charge in [-0.3, -0.25) is 0 Å². The molecule has 0 bridgehead atoms. The summed E-state index contributed by atoms with van der Waals surface area (Å²) in [5.74, 6) is 0.299. The molecule has 8 heteroatoms. The lowest BCUT2D eigenvalue weighted by molar-refractivity contribution is -0.0482. The van der Waals surface area contributed by atoms with Gasteiger partial charge in [-0.15, -0.1) is 0 Å². The number of likely N-dealkylation sites (N-methyl/N-ethyl adjacent to an activating group) is 1. The maximum absolute atomic E-state index is 12.6. The Bertz CT molecular complexity index is 571. The average molecular weight is 366 g/mol. The van der Waals surface area contributed by atoms with E-state index in [0.29, 0.717) is 23.4 Å². The first-order valence-electron chi connectivity index (χ1n) is 5.98. The molecule has 1 aliphatic rings. The van der Waals surface area contributed by atoms with Gasteiger partial charge in [0.15, 0.2) is 6.29 Å². The first kappa shape index (κ1) is 15.7. The monoisotopic (exact) mass is 365 g/mol. The van der Waals surface area contributed by atoms with Crippen molar-refractivity contribution in [2.24, 2.45) is 0 Å². The number of halogens is 1. The minimum Gasteiger partial charge on any atom is -0.495 e. The van der Waals surface area contributed by atoms with Gasteiger partial charge in [0.1, 0.15) is 10.6 Å². The number of rotatable bonds is 5. The maximum Gasteiger partial charge on any atom is 0.246 e. The molecule has 1 aromatic carbocycles. The molecular formula is C12H16BrNO5S. The van der Waals surface area contributed by atoms with E-state index in [2.05, 4.69) is 15.9 Å². The van der Waals surface area contributed by atoms with Crippen LogP contribution in [-0.2, 0) is 19.5 Å². The molecule has 0 unspecified atom stereocenters. The van der Waals surface area contributed by atoms with Crippen molar-refractivity contribution in [1.29, 1.82) is 0 Å². The van der Waals surface area contributed by atoms with E-state index in [-0.39, 0.29) is 11.4 Å². The zero-order valence-corrected chi connectivity index (χ0v) is 13.6. The van der Waals surface area contributed by atoms with Gasteiger partial charge < -0.3 is 14.2 Å². The average Bonchev–Trinajstić information content (AvgIpc) is 2.91. The number of hydrogen-bond donors (Lipinski definition) is 0. The van der Waals surface area contributed by atoms with E-state index in [0.717, 1.165) is 0 Å². The predicted molar refractivity (Wildman–Crippen MR) is 76.2 cm³/mol. The van der Waals surface area contributed by atoms with Gasteiger partial charge >= 0.3 is 0 Å². The van der Waals surface area contributed by atoms with Gasteiger partial charge in [0, 0.05) is 11.5 Å². The molecule has 6 nitrogen and oxygen atoms in total. The smallest absolute Gasteiger partial charge is 0.246 e. The van der Waals surface area contributed by atoms with E-state index < -0.39 is 16.3 Å². The molecule has 1 aliphatic heterocycles. The summed E-state index contributed by atoms with van der Waals surface area (Å²) in [7, 11) is -0.751. The van der Waals surface area contributed by atoms with Crippen LogP contribution in [0.1, 0.15) is 0 Å². The van der Waals surface area contributed by atoms with E-state index in [4.69, 9.17) is 14.2 Å². The Morgan fingerprint density at radius 3 is 2.65 bits per heavy atom. The summed E-state index contributed by atoms with van der Waals surface area (Å²) in [6.07, 6.45) is -0.520. The molecule has 0 spiro atoms. The van der Waals surface area contributed by atoms with Crippen molar-refractivity contribution in [1.82, 2.24) is 4.31 Å². The summed E-state index contributed by atoms with van der Waals surface area (Å²) in [4.78, 5) is 0.106. The van der Waals surface area contributed by atoms with Crippen LogP contribution >= 0.6 is 15.9 Å². The largest absolute Gasteiger partial charge is 0.495 e. The normalized spacial score (nSPS) is 16.8. The molecule has 0 aliphatic carbocycles. The number of nitrogens with zero attached hydrogens (tertiary/aromatic N) is 1. The molecule has 0 atom stereocenters. The summed E-state index contributed by atoms with van der Waals surface area (Å²) < 4.78 is 42.6. The Balaban J connectivity index is 2.26. The van der Waals surface area contributed by atoms with Gasteiger partial charge in [0.25, 0.3) is 0 Å². The Morgan fingerprint density at radius 1 is 1.40 bits per heavy atom. The fourth-order valence-electron chi connectivity index (χ4n) is 1.84. The molecule has 0 radical (unpaired) electrons. The van der Waals surface area contributed by atoms with Gasteiger partial charge in [-0.25, -0.2) is 8.42 Å². The number of sulfonamides is 1. The second-order valence-corrected chi connectivity index (χ2v) is 7.18. The Morgan fingerprint density at radius 2 is 2.05 bits per heavy atom. The number of ether oxygens (including phenoxy) is 3. The Labute approximate surface area is 126 Å². The van der Waals surface area contributed by atoms with Crippen molar-refractivity contribution in [3.63, 3.8) is 0 Å². The highest BCUT2D eigenvalue weighted by molar-refractivity contribution is 9.10. The molecule has 20 heavy (non-hydrogen) atoms. The second-order valence-electron chi connectivity index (χ2n) is 4.25. The summed E-state index contributed by atoms with van der Waals surface area (Å²) in [6.45, 7) is 1.11. The highest BCUT2D eigenvalue weighted by atomic mass is 79.9. The van der Waals surface area contributed by atoms with Gasteiger partial charge in [-0.2, -0.15) is 4.31 Å². The molecule has 1 aromatic rings. The minimum atomic E-state index is -3.67. The molecule has 0 N–H and O–H groups in total. The first-order chi connectivity index (χ1) is 9.45. The lowest BCUT2D eigenvalue weighted by Crippen LogP contribution is -2.35. The van der Waals surface area contributed by atoms with Crippen molar-refractivity contribution in [3.05, 3.63) is 22.7 Å². The maximum atomic E-state index is 12.6. The van der Waals surface area contributed by atoms with Gasteiger partial charge in [-0.05, 0) is 18.2 Å². The third-order valence-corrected chi connectivity index (χ3v) is 5.25. The van der Waals surface area contributed by atoms with Crippen LogP contribution in [0.5, 0.6) is 5.75 Å². The van der Waals surface area contributed by atoms with Crippen molar-refractivity contribution in [2.75, 3.05) is 33.9 Å². The number of hydrogen-bond acceptors (Lipinski definition) is 5. The fourth-order valence-corrected chi connectivity index (χ4v) is 3.69. The van der Waals surface area contributed by atoms with Crippen LogP contribution in [0.3, 0.4) is 0 Å². The molecule has 0 amide bonds. The van der Waals surface area contributed by atoms with Crippen LogP contribution in [-0.4, -0.2) is 52.9 Å². The van der Waals surface area contributed by atoms with Gasteiger partial charge in [-0.1, -0.05) is 15.9 Å². The molecule has 0 saturated carbocycles. The molecule has 1 heterocycles. The standard InChI is InChI=1S/C12H16BrNO5S/c1-14(8-12-18-5-6-19-12)20(15,16)11-7-9(13)3-4-10(11)17-2/h3-4,7,12H,5-6,8H2,1-2H3. The zero-order chi connectivity index (χ0) is 14.8. The van der Waals surface area contributed by atoms with Crippen LogP contribution in [0, 0.1) is 0 Å². The Hall–Kier alpha value is -0.670. The lowest BCUT2D eigenvalue weighted by atomic mass is 10.3. The van der Waals surface area contributed by atoms with Gasteiger partial charge in [0.2, 0.25) is 10.0 Å². The van der Waals surface area contributed by atoms with Crippen LogP contribution in [0.25, 0.3) is 0 Å². The summed E-state index contributed by atoms with van der Waals surface area (Å²) in [5, 5.41) is 0. The molecule has 1 fully saturated rings. The third-order valence-electron chi connectivity index (χ3n) is 2.91. The minimum absolute atomic E-state index is 0.106. The lowest BCUT2D eigenvalue weighted by Gasteiger charge is -2.21. The Kier molecular flexibility index (Phi) is 5.03. The topological polar surface area (TPSA) is 65.1 Å². The fraction of sp³-hybridized carbons (Fsp3) is 0.500. The van der Waals surface area contributed by atoms with E-state index in [9.17, 15) is 8.42 Å². The molecule has 112 valence electrons. The van der Waals surface area contributed by atoms with E-state index >= 15 is 0 Å². The van der Waals surface area contributed by atoms with E-state index in [1.807, 2.05) is 0 Å². The van der Waals surface area contributed by atoms with E-state index in [1.54, 1.807) is 12.1 Å². The highest BCUT2D eigenvalue weighted by Crippen LogP contribution is 2.29. The highest BCUT2D eigenvalue weighted by Gasteiger charge is 2.29. The second kappa shape index (κ2) is 6.40. The van der Waals surface area contributed by atoms with E-state index in [1.165, 1.54) is 24.5 Å². The summed E-state index contributed by atoms with van der Waals surface area (Å²) in [6, 6.07) is 4.84. The quantitative estimate of drug-likeness (QED) is 0.789. The van der Waals surface area contributed by atoms with Gasteiger partial charge in [0.05, 0.1) is 26.9 Å². The molecular weight excluding hydrogens is 350 g/mol. The van der Waals surface area contributed by atoms with Crippen molar-refractivity contribution in [2.45, 2.75) is 11.2 Å². The molecule has 1 saturated heterocycles. The summed E-state index contributed by atoms with van der Waals surface area (Å²) >= 11 is 3.27. The molecule has 2 rings (SSSR count). The van der Waals surface area contributed by atoms with Crippen LogP contribution < -0.4 is 4.74 Å². The number of methoxy groups -OCH3 is 1. The SMILES string of the molecule is COc1ccc(Br)cc1S(=O)(=O)N(C)CC1OCCO1. The first-order valence-corrected chi connectivity index (χ1v) is 8.21. The van der Waals surface area contributed by atoms with Crippen LogP contribution in [0.15, 0.2) is 27.6 Å². The molecule has 0 aromatic heterocycles. The summed E-state index contributed by atoms with van der Waals surface area (Å²) in [5.41, 5.74) is 0. The van der Waals surface area contributed by atoms with Crippen molar-refractivity contribution < 1.29 is 22.6 Å². The predicted octanol–water partition coefficient (Wildman–Crippen LogP) is 1.45. The van der Waals surface area contributed by atoms with Crippen molar-refractivity contribution in [3.8, 4) is 5.75 Å². The van der Waals surface area contributed by atoms with Crippen LogP contribution in [0.4, 0.5) is 0 Å². The van der Waals surface area contributed by atoms with Crippen LogP contribution in [0.2, 0.25) is 0 Å². The zero-order valence-electron chi connectivity index (χ0n) is 11.2.